The Hall–Kier alpha value is -0.540. The molecule has 0 amide bonds. The molecule has 20 heavy (non-hydrogen) atoms. The van der Waals surface area contributed by atoms with Gasteiger partial charge >= 0.3 is 0 Å². The average Bonchev–Trinajstić information content (AvgIpc) is 2.38. The smallest absolute Gasteiger partial charge is 0.124 e. The maximum Gasteiger partial charge on any atom is 0.124 e. The standard InChI is InChI=1S/C17H26FNS/c1-3-7-19-12-14-9-15(18)11-17(10-14)20-16-6-4-5-13(2)8-16/h9-11,13,16,19H,3-8,12H2,1-2H3. The van der Waals surface area contributed by atoms with Gasteiger partial charge in [0.05, 0.1) is 0 Å². The summed E-state index contributed by atoms with van der Waals surface area (Å²) in [5, 5.41) is 4.00. The van der Waals surface area contributed by atoms with Crippen LogP contribution in [0.2, 0.25) is 0 Å². The van der Waals surface area contributed by atoms with Gasteiger partial charge in [0.1, 0.15) is 5.82 Å². The van der Waals surface area contributed by atoms with Crippen LogP contribution in [0.3, 0.4) is 0 Å². The van der Waals surface area contributed by atoms with Crippen molar-refractivity contribution in [2.75, 3.05) is 6.54 Å². The van der Waals surface area contributed by atoms with Crippen LogP contribution in [0.4, 0.5) is 4.39 Å². The van der Waals surface area contributed by atoms with Gasteiger partial charge in [-0.3, -0.25) is 0 Å². The molecule has 0 radical (unpaired) electrons. The fourth-order valence-electron chi connectivity index (χ4n) is 2.88. The molecule has 0 heterocycles. The molecular weight excluding hydrogens is 269 g/mol. The highest BCUT2D eigenvalue weighted by Crippen LogP contribution is 2.36. The Morgan fingerprint density at radius 2 is 2.15 bits per heavy atom. The minimum atomic E-state index is -0.104. The average molecular weight is 295 g/mol. The first-order valence-electron chi connectivity index (χ1n) is 7.84. The van der Waals surface area contributed by atoms with E-state index in [2.05, 4.69) is 25.2 Å². The van der Waals surface area contributed by atoms with E-state index in [-0.39, 0.29) is 5.82 Å². The van der Waals surface area contributed by atoms with Crippen LogP contribution >= 0.6 is 11.8 Å². The van der Waals surface area contributed by atoms with Gasteiger partial charge in [-0.15, -0.1) is 11.8 Å². The molecule has 0 aliphatic heterocycles. The fourth-order valence-corrected chi connectivity index (χ4v) is 4.37. The molecule has 1 aliphatic rings. The molecule has 1 fully saturated rings. The summed E-state index contributed by atoms with van der Waals surface area (Å²) in [5.74, 6) is 0.715. The van der Waals surface area contributed by atoms with Gasteiger partial charge < -0.3 is 5.32 Å². The van der Waals surface area contributed by atoms with E-state index in [0.29, 0.717) is 5.25 Å². The molecule has 3 heteroatoms. The zero-order valence-electron chi connectivity index (χ0n) is 12.6. The predicted octanol–water partition coefficient (Wildman–Crippen LogP) is 5.00. The van der Waals surface area contributed by atoms with Gasteiger partial charge in [0.15, 0.2) is 0 Å². The molecule has 0 aromatic heterocycles. The van der Waals surface area contributed by atoms with E-state index in [9.17, 15) is 4.39 Å². The maximum atomic E-state index is 13.7. The highest BCUT2D eigenvalue weighted by Gasteiger charge is 2.20. The number of nitrogens with one attached hydrogen (secondary N) is 1. The van der Waals surface area contributed by atoms with E-state index >= 15 is 0 Å². The second-order valence-corrected chi connectivity index (χ2v) is 7.36. The molecule has 1 saturated carbocycles. The van der Waals surface area contributed by atoms with Gasteiger partial charge in [0, 0.05) is 16.7 Å². The SMILES string of the molecule is CCCNCc1cc(F)cc(SC2CCCC(C)C2)c1. The molecule has 1 aromatic carbocycles. The molecule has 2 rings (SSSR count). The number of thioether (sulfide) groups is 1. The summed E-state index contributed by atoms with van der Waals surface area (Å²) >= 11 is 1.87. The molecule has 0 saturated heterocycles. The van der Waals surface area contributed by atoms with Crippen LogP contribution in [-0.2, 0) is 6.54 Å². The van der Waals surface area contributed by atoms with Crippen molar-refractivity contribution in [2.24, 2.45) is 5.92 Å². The Kier molecular flexibility index (Phi) is 6.37. The van der Waals surface area contributed by atoms with Gasteiger partial charge in [0.2, 0.25) is 0 Å². The van der Waals surface area contributed by atoms with E-state index in [0.717, 1.165) is 35.9 Å². The van der Waals surface area contributed by atoms with Crippen molar-refractivity contribution in [3.05, 3.63) is 29.6 Å². The maximum absolute atomic E-state index is 13.7. The normalized spacial score (nSPS) is 22.9. The van der Waals surface area contributed by atoms with Crippen LogP contribution < -0.4 is 5.32 Å². The minimum absolute atomic E-state index is 0.104. The second-order valence-electron chi connectivity index (χ2n) is 5.98. The Balaban J connectivity index is 1.96. The van der Waals surface area contributed by atoms with Gasteiger partial charge in [-0.2, -0.15) is 0 Å². The van der Waals surface area contributed by atoms with Crippen LogP contribution in [0.5, 0.6) is 0 Å². The van der Waals surface area contributed by atoms with Crippen LogP contribution in [0, 0.1) is 11.7 Å². The third-order valence-electron chi connectivity index (χ3n) is 3.88. The summed E-state index contributed by atoms with van der Waals surface area (Å²) < 4.78 is 13.7. The number of hydrogen-bond donors (Lipinski definition) is 1. The van der Waals surface area contributed by atoms with Gasteiger partial charge in [-0.05, 0) is 55.5 Å². The highest BCUT2D eigenvalue weighted by atomic mass is 32.2. The van der Waals surface area contributed by atoms with E-state index in [1.54, 1.807) is 12.1 Å². The van der Waals surface area contributed by atoms with Crippen LogP contribution in [0.1, 0.15) is 51.5 Å². The second kappa shape index (κ2) is 8.04. The van der Waals surface area contributed by atoms with Crippen molar-refractivity contribution in [1.29, 1.82) is 0 Å². The zero-order valence-corrected chi connectivity index (χ0v) is 13.4. The first-order chi connectivity index (χ1) is 9.67. The molecule has 0 spiro atoms. The third-order valence-corrected chi connectivity index (χ3v) is 5.15. The van der Waals surface area contributed by atoms with Gasteiger partial charge in [-0.25, -0.2) is 4.39 Å². The lowest BCUT2D eigenvalue weighted by Gasteiger charge is -2.26. The molecule has 1 aromatic rings. The van der Waals surface area contributed by atoms with E-state index in [1.165, 1.54) is 25.7 Å². The fraction of sp³-hybridized carbons (Fsp3) is 0.647. The number of halogens is 1. The molecule has 2 atom stereocenters. The summed E-state index contributed by atoms with van der Waals surface area (Å²) in [6.07, 6.45) is 6.32. The molecule has 1 nitrogen and oxygen atoms in total. The predicted molar refractivity (Wildman–Crippen MR) is 85.7 cm³/mol. The van der Waals surface area contributed by atoms with E-state index in [4.69, 9.17) is 0 Å². The topological polar surface area (TPSA) is 12.0 Å². The van der Waals surface area contributed by atoms with E-state index in [1.807, 2.05) is 11.8 Å². The monoisotopic (exact) mass is 295 g/mol. The minimum Gasteiger partial charge on any atom is -0.313 e. The highest BCUT2D eigenvalue weighted by molar-refractivity contribution is 8.00. The number of benzene rings is 1. The van der Waals surface area contributed by atoms with Crippen LogP contribution in [0.15, 0.2) is 23.1 Å². The summed E-state index contributed by atoms with van der Waals surface area (Å²) in [6.45, 7) is 6.22. The van der Waals surface area contributed by atoms with Crippen molar-refractivity contribution in [2.45, 2.75) is 62.6 Å². The summed E-state index contributed by atoms with van der Waals surface area (Å²) in [5.41, 5.74) is 1.06. The van der Waals surface area contributed by atoms with E-state index < -0.39 is 0 Å². The molecule has 112 valence electrons. The Labute approximate surface area is 126 Å². The number of hydrogen-bond acceptors (Lipinski definition) is 2. The summed E-state index contributed by atoms with van der Waals surface area (Å²) in [6, 6.07) is 5.49. The first-order valence-corrected chi connectivity index (χ1v) is 8.72. The summed E-state index contributed by atoms with van der Waals surface area (Å²) in [4.78, 5) is 1.09. The zero-order chi connectivity index (χ0) is 14.4. The van der Waals surface area contributed by atoms with Crippen molar-refractivity contribution >= 4 is 11.8 Å². The van der Waals surface area contributed by atoms with Crippen LogP contribution in [0.25, 0.3) is 0 Å². The lowest BCUT2D eigenvalue weighted by molar-refractivity contribution is 0.394. The lowest BCUT2D eigenvalue weighted by atomic mass is 9.91. The largest absolute Gasteiger partial charge is 0.313 e. The Morgan fingerprint density at radius 1 is 1.30 bits per heavy atom. The summed E-state index contributed by atoms with van der Waals surface area (Å²) in [7, 11) is 0. The molecule has 0 bridgehead atoms. The van der Waals surface area contributed by atoms with Crippen molar-refractivity contribution in [1.82, 2.24) is 5.32 Å². The first kappa shape index (κ1) is 15.8. The molecule has 1 aliphatic carbocycles. The van der Waals surface area contributed by atoms with Crippen LogP contribution in [-0.4, -0.2) is 11.8 Å². The quantitative estimate of drug-likeness (QED) is 0.741. The Bertz CT molecular complexity index is 421. The van der Waals surface area contributed by atoms with Crippen molar-refractivity contribution in [3.8, 4) is 0 Å². The van der Waals surface area contributed by atoms with Crippen molar-refractivity contribution in [3.63, 3.8) is 0 Å². The number of rotatable bonds is 6. The third kappa shape index (κ3) is 5.10. The van der Waals surface area contributed by atoms with Gasteiger partial charge in [0.25, 0.3) is 0 Å². The van der Waals surface area contributed by atoms with Crippen molar-refractivity contribution < 1.29 is 4.39 Å². The molecular formula is C17H26FNS. The molecule has 1 N–H and O–H groups in total. The van der Waals surface area contributed by atoms with Gasteiger partial charge in [-0.1, -0.05) is 26.7 Å². The Morgan fingerprint density at radius 3 is 2.90 bits per heavy atom. The lowest BCUT2D eigenvalue weighted by Crippen LogP contribution is -2.15. The molecule has 2 unspecified atom stereocenters.